The maximum absolute atomic E-state index is 3.74. The third-order valence-electron chi connectivity index (χ3n) is 4.53. The van der Waals surface area contributed by atoms with Crippen LogP contribution in [0.5, 0.6) is 0 Å². The zero-order valence-corrected chi connectivity index (χ0v) is 12.4. The van der Waals surface area contributed by atoms with E-state index in [-0.39, 0.29) is 0 Å². The highest BCUT2D eigenvalue weighted by Gasteiger charge is 2.17. The minimum absolute atomic E-state index is 0.778. The molecule has 1 N–H and O–H groups in total. The molecule has 0 unspecified atom stereocenters. The van der Waals surface area contributed by atoms with Crippen LogP contribution in [0.4, 0.5) is 0 Å². The van der Waals surface area contributed by atoms with E-state index in [0.29, 0.717) is 0 Å². The second kappa shape index (κ2) is 7.05. The van der Waals surface area contributed by atoms with Crippen LogP contribution in [0.3, 0.4) is 0 Å². The molecule has 2 aliphatic rings. The molecule has 108 valence electrons. The fourth-order valence-corrected chi connectivity index (χ4v) is 3.39. The third kappa shape index (κ3) is 3.94. The predicted octanol–water partition coefficient (Wildman–Crippen LogP) is 3.35. The van der Waals surface area contributed by atoms with Crippen molar-refractivity contribution in [2.24, 2.45) is 0 Å². The lowest BCUT2D eigenvalue weighted by Gasteiger charge is -2.28. The molecule has 20 heavy (non-hydrogen) atoms. The van der Waals surface area contributed by atoms with Crippen LogP contribution in [-0.4, -0.2) is 30.6 Å². The van der Waals surface area contributed by atoms with E-state index < -0.39 is 0 Å². The molecule has 1 aromatic carbocycles. The van der Waals surface area contributed by atoms with Crippen LogP contribution in [0.15, 0.2) is 42.0 Å². The van der Waals surface area contributed by atoms with E-state index in [0.717, 1.165) is 25.7 Å². The summed E-state index contributed by atoms with van der Waals surface area (Å²) in [7, 11) is 0. The summed E-state index contributed by atoms with van der Waals surface area (Å²) in [5.41, 5.74) is 3.01. The smallest absolute Gasteiger partial charge is 0.0237 e. The fraction of sp³-hybridized carbons (Fsp3) is 0.556. The molecule has 0 amide bonds. The Morgan fingerprint density at radius 2 is 1.90 bits per heavy atom. The molecule has 0 aromatic heterocycles. The van der Waals surface area contributed by atoms with Gasteiger partial charge in [0.25, 0.3) is 0 Å². The standard InChI is InChI=1S/C18H26N2/c1-2-7-16(8-3-1)14-20-12-6-9-17(15-20)13-19-18-10-4-5-11-18/h1-3,7-9,18-19H,4-6,10-15H2. The van der Waals surface area contributed by atoms with Crippen LogP contribution < -0.4 is 5.32 Å². The van der Waals surface area contributed by atoms with Gasteiger partial charge < -0.3 is 5.32 Å². The highest BCUT2D eigenvalue weighted by Crippen LogP contribution is 2.18. The minimum atomic E-state index is 0.778. The summed E-state index contributed by atoms with van der Waals surface area (Å²) in [6.45, 7) is 4.51. The predicted molar refractivity (Wildman–Crippen MR) is 84.7 cm³/mol. The monoisotopic (exact) mass is 270 g/mol. The number of benzene rings is 1. The van der Waals surface area contributed by atoms with Crippen molar-refractivity contribution in [1.29, 1.82) is 0 Å². The molecule has 1 heterocycles. The number of nitrogens with one attached hydrogen (secondary N) is 1. The summed E-state index contributed by atoms with van der Waals surface area (Å²) in [6, 6.07) is 11.6. The summed E-state index contributed by atoms with van der Waals surface area (Å²) in [4.78, 5) is 2.57. The first kappa shape index (κ1) is 13.8. The Morgan fingerprint density at radius 1 is 1.10 bits per heavy atom. The van der Waals surface area contributed by atoms with Crippen molar-refractivity contribution in [3.05, 3.63) is 47.5 Å². The van der Waals surface area contributed by atoms with Gasteiger partial charge in [-0.15, -0.1) is 0 Å². The molecule has 2 nitrogen and oxygen atoms in total. The lowest BCUT2D eigenvalue weighted by atomic mass is 10.1. The van der Waals surface area contributed by atoms with E-state index in [1.165, 1.54) is 44.2 Å². The van der Waals surface area contributed by atoms with Crippen LogP contribution >= 0.6 is 0 Å². The first-order valence-corrected chi connectivity index (χ1v) is 8.08. The molecule has 3 rings (SSSR count). The summed E-state index contributed by atoms with van der Waals surface area (Å²) < 4.78 is 0. The van der Waals surface area contributed by atoms with Crippen molar-refractivity contribution in [3.63, 3.8) is 0 Å². The van der Waals surface area contributed by atoms with Crippen molar-refractivity contribution in [1.82, 2.24) is 10.2 Å². The lowest BCUT2D eigenvalue weighted by molar-refractivity contribution is 0.278. The van der Waals surface area contributed by atoms with Gasteiger partial charge in [-0.25, -0.2) is 0 Å². The van der Waals surface area contributed by atoms with Gasteiger partial charge in [0.15, 0.2) is 0 Å². The van der Waals surface area contributed by atoms with Gasteiger partial charge in [0, 0.05) is 32.2 Å². The quantitative estimate of drug-likeness (QED) is 0.825. The first-order valence-electron chi connectivity index (χ1n) is 8.08. The molecule has 1 aliphatic carbocycles. The second-order valence-corrected chi connectivity index (χ2v) is 6.21. The van der Waals surface area contributed by atoms with Crippen LogP contribution in [-0.2, 0) is 6.54 Å². The summed E-state index contributed by atoms with van der Waals surface area (Å²) in [6.07, 6.45) is 9.23. The SMILES string of the molecule is C1=C(CNC2CCCC2)CN(Cc2ccccc2)CC1. The first-order chi connectivity index (χ1) is 9.90. The Bertz CT molecular complexity index is 432. The maximum Gasteiger partial charge on any atom is 0.0237 e. The van der Waals surface area contributed by atoms with Crippen molar-refractivity contribution in [3.8, 4) is 0 Å². The molecular formula is C18H26N2. The fourth-order valence-electron chi connectivity index (χ4n) is 3.39. The van der Waals surface area contributed by atoms with Crippen LogP contribution in [0.1, 0.15) is 37.7 Å². The molecule has 0 radical (unpaired) electrons. The number of hydrogen-bond acceptors (Lipinski definition) is 2. The summed E-state index contributed by atoms with van der Waals surface area (Å²) in [5.74, 6) is 0. The average molecular weight is 270 g/mol. The average Bonchev–Trinajstić information content (AvgIpc) is 3.00. The minimum Gasteiger partial charge on any atom is -0.310 e. The molecule has 0 atom stereocenters. The van der Waals surface area contributed by atoms with Crippen molar-refractivity contribution < 1.29 is 0 Å². The van der Waals surface area contributed by atoms with E-state index in [2.05, 4.69) is 46.6 Å². The zero-order chi connectivity index (χ0) is 13.6. The normalized spacial score (nSPS) is 21.1. The molecule has 1 aliphatic heterocycles. The Labute approximate surface area is 122 Å². The highest BCUT2D eigenvalue weighted by molar-refractivity contribution is 5.16. The van der Waals surface area contributed by atoms with Gasteiger partial charge in [0.2, 0.25) is 0 Å². The number of hydrogen-bond donors (Lipinski definition) is 1. The van der Waals surface area contributed by atoms with Gasteiger partial charge in [0.1, 0.15) is 0 Å². The molecule has 2 heteroatoms. The lowest BCUT2D eigenvalue weighted by Crippen LogP contribution is -2.35. The van der Waals surface area contributed by atoms with Crippen molar-refractivity contribution >= 4 is 0 Å². The van der Waals surface area contributed by atoms with E-state index in [9.17, 15) is 0 Å². The van der Waals surface area contributed by atoms with E-state index in [4.69, 9.17) is 0 Å². The molecule has 0 bridgehead atoms. The Morgan fingerprint density at radius 3 is 2.70 bits per heavy atom. The molecule has 1 fully saturated rings. The maximum atomic E-state index is 3.74. The van der Waals surface area contributed by atoms with E-state index in [1.807, 2.05) is 0 Å². The van der Waals surface area contributed by atoms with Gasteiger partial charge in [0.05, 0.1) is 0 Å². The largest absolute Gasteiger partial charge is 0.310 e. The van der Waals surface area contributed by atoms with E-state index in [1.54, 1.807) is 5.57 Å². The Hall–Kier alpha value is -1.12. The highest BCUT2D eigenvalue weighted by atomic mass is 15.1. The van der Waals surface area contributed by atoms with Crippen LogP contribution in [0.25, 0.3) is 0 Å². The van der Waals surface area contributed by atoms with Gasteiger partial charge in [-0.2, -0.15) is 0 Å². The van der Waals surface area contributed by atoms with Gasteiger partial charge in [-0.1, -0.05) is 49.2 Å². The Kier molecular flexibility index (Phi) is 4.88. The van der Waals surface area contributed by atoms with Crippen LogP contribution in [0, 0.1) is 0 Å². The summed E-state index contributed by atoms with van der Waals surface area (Å²) >= 11 is 0. The van der Waals surface area contributed by atoms with E-state index >= 15 is 0 Å². The molecule has 0 saturated heterocycles. The van der Waals surface area contributed by atoms with Crippen molar-refractivity contribution in [2.45, 2.75) is 44.7 Å². The second-order valence-electron chi connectivity index (χ2n) is 6.21. The zero-order valence-electron chi connectivity index (χ0n) is 12.4. The molecule has 1 aromatic rings. The topological polar surface area (TPSA) is 15.3 Å². The number of rotatable bonds is 5. The third-order valence-corrected chi connectivity index (χ3v) is 4.53. The Balaban J connectivity index is 1.47. The number of nitrogens with zero attached hydrogens (tertiary/aromatic N) is 1. The van der Waals surface area contributed by atoms with Crippen LogP contribution in [0.2, 0.25) is 0 Å². The summed E-state index contributed by atoms with van der Waals surface area (Å²) in [5, 5.41) is 3.74. The van der Waals surface area contributed by atoms with Gasteiger partial charge in [-0.05, 0) is 30.4 Å². The molecule has 1 saturated carbocycles. The molecular weight excluding hydrogens is 244 g/mol. The van der Waals surface area contributed by atoms with Gasteiger partial charge >= 0.3 is 0 Å². The molecule has 0 spiro atoms. The van der Waals surface area contributed by atoms with Crippen molar-refractivity contribution in [2.75, 3.05) is 19.6 Å². The van der Waals surface area contributed by atoms with Gasteiger partial charge in [-0.3, -0.25) is 4.90 Å².